The molecule has 0 spiro atoms. The largest absolute Gasteiger partial charge is 0.480 e. The second-order valence-electron chi connectivity index (χ2n) is 7.78. The summed E-state index contributed by atoms with van der Waals surface area (Å²) in [5.41, 5.74) is 1.61. The molecule has 1 heterocycles. The zero-order valence-electron chi connectivity index (χ0n) is 17.7. The van der Waals surface area contributed by atoms with Gasteiger partial charge in [-0.25, -0.2) is 12.8 Å². The van der Waals surface area contributed by atoms with Crippen LogP contribution in [0.15, 0.2) is 47.5 Å². The Kier molecular flexibility index (Phi) is 7.13. The molecule has 0 aliphatic heterocycles. The summed E-state index contributed by atoms with van der Waals surface area (Å²) in [4.78, 5) is 11.0. The summed E-state index contributed by atoms with van der Waals surface area (Å²) >= 11 is 12.0. The Hall–Kier alpha value is -2.66. The molecule has 0 saturated carbocycles. The molecule has 1 atom stereocenters. The van der Waals surface area contributed by atoms with Gasteiger partial charge < -0.3 is 9.84 Å². The summed E-state index contributed by atoms with van der Waals surface area (Å²) in [6.45, 7) is -0.239. The highest BCUT2D eigenvalue weighted by molar-refractivity contribution is 7.91. The Morgan fingerprint density at radius 1 is 1.24 bits per heavy atom. The van der Waals surface area contributed by atoms with Gasteiger partial charge in [-0.05, 0) is 49.6 Å². The van der Waals surface area contributed by atoms with E-state index in [1.54, 1.807) is 6.20 Å². The molecule has 0 amide bonds. The number of aromatic nitrogens is 2. The van der Waals surface area contributed by atoms with Crippen molar-refractivity contribution in [2.24, 2.45) is 0 Å². The first-order valence-corrected chi connectivity index (χ1v) is 12.7. The lowest BCUT2D eigenvalue weighted by Gasteiger charge is -2.24. The van der Waals surface area contributed by atoms with E-state index in [1.165, 1.54) is 35.0 Å². The summed E-state index contributed by atoms with van der Waals surface area (Å²) in [5, 5.41) is 16.2. The van der Waals surface area contributed by atoms with E-state index >= 15 is 0 Å². The first-order valence-electron chi connectivity index (χ1n) is 10.3. The average molecular weight is 528 g/mol. The van der Waals surface area contributed by atoms with Gasteiger partial charge in [-0.2, -0.15) is 5.10 Å². The van der Waals surface area contributed by atoms with E-state index in [0.717, 1.165) is 23.7 Å². The molecule has 0 saturated heterocycles. The minimum Gasteiger partial charge on any atom is -0.480 e. The first-order chi connectivity index (χ1) is 16.1. The third kappa shape index (κ3) is 5.35. The number of nitrogens with one attached hydrogen (secondary N) is 1. The first kappa shape index (κ1) is 24.5. The quantitative estimate of drug-likeness (QED) is 0.440. The zero-order valence-corrected chi connectivity index (χ0v) is 20.0. The van der Waals surface area contributed by atoms with E-state index in [9.17, 15) is 17.6 Å². The Morgan fingerprint density at radius 3 is 2.74 bits per heavy atom. The lowest BCUT2D eigenvalue weighted by Crippen LogP contribution is -2.30. The molecule has 8 nitrogen and oxygen atoms in total. The van der Waals surface area contributed by atoms with E-state index in [4.69, 9.17) is 33.0 Å². The minimum atomic E-state index is -3.74. The maximum atomic E-state index is 13.3. The van der Waals surface area contributed by atoms with Crippen molar-refractivity contribution in [2.45, 2.75) is 36.7 Å². The second kappa shape index (κ2) is 9.91. The predicted molar refractivity (Wildman–Crippen MR) is 124 cm³/mol. The summed E-state index contributed by atoms with van der Waals surface area (Å²) in [7, 11) is -3.74. The maximum Gasteiger partial charge on any atom is 0.325 e. The van der Waals surface area contributed by atoms with Gasteiger partial charge in [0.25, 0.3) is 0 Å². The van der Waals surface area contributed by atoms with Crippen molar-refractivity contribution in [1.29, 1.82) is 0 Å². The molecule has 4 rings (SSSR count). The van der Waals surface area contributed by atoms with Crippen molar-refractivity contribution < 1.29 is 27.4 Å². The third-order valence-electron chi connectivity index (χ3n) is 5.45. The monoisotopic (exact) mass is 527 g/mol. The lowest BCUT2D eigenvalue weighted by molar-refractivity contribution is -0.137. The summed E-state index contributed by atoms with van der Waals surface area (Å²) in [6, 6.07) is 7.64. The number of sulfone groups is 1. The van der Waals surface area contributed by atoms with Crippen molar-refractivity contribution in [2.75, 3.05) is 5.88 Å². The number of hydrogen-bond donors (Lipinski definition) is 2. The van der Waals surface area contributed by atoms with Crippen LogP contribution in [0.5, 0.6) is 11.5 Å². The van der Waals surface area contributed by atoms with Crippen LogP contribution < -0.4 is 10.1 Å². The molecule has 180 valence electrons. The topological polar surface area (TPSA) is 111 Å². The van der Waals surface area contributed by atoms with Gasteiger partial charge in [0.1, 0.15) is 29.7 Å². The minimum absolute atomic E-state index is 0.00657. The van der Waals surface area contributed by atoms with Crippen LogP contribution >= 0.6 is 23.2 Å². The molecule has 0 fully saturated rings. The molecule has 1 aromatic heterocycles. The molecule has 3 aromatic rings. The average Bonchev–Trinajstić information content (AvgIpc) is 3.19. The van der Waals surface area contributed by atoms with Crippen LogP contribution in [-0.2, 0) is 27.6 Å². The molecule has 2 aromatic carbocycles. The normalized spacial score (nSPS) is 15.7. The summed E-state index contributed by atoms with van der Waals surface area (Å²) < 4.78 is 46.2. The van der Waals surface area contributed by atoms with E-state index in [-0.39, 0.29) is 44.9 Å². The van der Waals surface area contributed by atoms with Crippen molar-refractivity contribution >= 4 is 39.0 Å². The predicted octanol–water partition coefficient (Wildman–Crippen LogP) is 4.60. The Labute approximate surface area is 205 Å². The maximum absolute atomic E-state index is 13.3. The standard InChI is InChI=1S/C22H20Cl2FN3O5S/c23-16-8-13(4-6-18(16)25)33-21-7-5-14(9-17(21)24)34(31,32)12-26-19-2-1-3-20-15(19)10-27-28(20)11-22(29)30/h4-10,19,26H,1-3,11-12H2,(H,29,30)/t19-/m1/s1. The number of benzene rings is 2. The lowest BCUT2D eigenvalue weighted by atomic mass is 9.93. The SMILES string of the molecule is O=C(O)Cn1ncc2c1CCC[C@H]2NCS(=O)(=O)c1ccc(Oc2ccc(F)c(Cl)c2)c(Cl)c1. The van der Waals surface area contributed by atoms with Crippen LogP contribution in [0, 0.1) is 5.82 Å². The second-order valence-corrected chi connectivity index (χ2v) is 10.6. The highest BCUT2D eigenvalue weighted by Gasteiger charge is 2.26. The molecular weight excluding hydrogens is 508 g/mol. The highest BCUT2D eigenvalue weighted by Crippen LogP contribution is 2.34. The van der Waals surface area contributed by atoms with Gasteiger partial charge in [0.2, 0.25) is 0 Å². The number of carboxylic acids is 1. The van der Waals surface area contributed by atoms with Crippen molar-refractivity contribution in [3.63, 3.8) is 0 Å². The van der Waals surface area contributed by atoms with Gasteiger partial charge in [0, 0.05) is 23.4 Å². The van der Waals surface area contributed by atoms with Gasteiger partial charge in [0.05, 0.1) is 21.1 Å². The number of halogens is 3. The van der Waals surface area contributed by atoms with E-state index in [2.05, 4.69) is 10.4 Å². The zero-order chi connectivity index (χ0) is 24.5. The van der Waals surface area contributed by atoms with Crippen LogP contribution in [0.25, 0.3) is 0 Å². The fourth-order valence-corrected chi connectivity index (χ4v) is 5.43. The number of hydrogen-bond acceptors (Lipinski definition) is 6. The summed E-state index contributed by atoms with van der Waals surface area (Å²) in [5.74, 6) is -1.48. The van der Waals surface area contributed by atoms with E-state index in [1.807, 2.05) is 0 Å². The number of rotatable bonds is 8. The van der Waals surface area contributed by atoms with Crippen molar-refractivity contribution in [1.82, 2.24) is 15.1 Å². The number of carbonyl (C=O) groups is 1. The van der Waals surface area contributed by atoms with Gasteiger partial charge in [-0.15, -0.1) is 0 Å². The molecule has 0 bridgehead atoms. The number of nitrogens with zero attached hydrogens (tertiary/aromatic N) is 2. The van der Waals surface area contributed by atoms with E-state index in [0.29, 0.717) is 12.8 Å². The summed E-state index contributed by atoms with van der Waals surface area (Å²) in [6.07, 6.45) is 3.76. The molecule has 1 aliphatic carbocycles. The third-order valence-corrected chi connectivity index (χ3v) is 7.55. The molecular formula is C22H20Cl2FN3O5S. The van der Waals surface area contributed by atoms with Crippen LogP contribution in [0.2, 0.25) is 10.0 Å². The van der Waals surface area contributed by atoms with Crippen LogP contribution in [0.4, 0.5) is 4.39 Å². The molecule has 34 heavy (non-hydrogen) atoms. The van der Waals surface area contributed by atoms with Crippen LogP contribution in [0.1, 0.15) is 30.1 Å². The molecule has 1 aliphatic rings. The number of fused-ring (bicyclic) bond motifs is 1. The Balaban J connectivity index is 1.46. The van der Waals surface area contributed by atoms with Crippen molar-refractivity contribution in [3.8, 4) is 11.5 Å². The fraction of sp³-hybridized carbons (Fsp3) is 0.273. The number of aliphatic carboxylic acids is 1. The van der Waals surface area contributed by atoms with Gasteiger partial charge in [-0.3, -0.25) is 14.8 Å². The van der Waals surface area contributed by atoms with Crippen LogP contribution in [0.3, 0.4) is 0 Å². The molecule has 12 heteroatoms. The number of carboxylic acid groups (broad SMARTS) is 1. The Bertz CT molecular complexity index is 1350. The number of ether oxygens (including phenoxy) is 1. The molecule has 0 unspecified atom stereocenters. The van der Waals surface area contributed by atoms with Gasteiger partial charge in [-0.1, -0.05) is 23.2 Å². The Morgan fingerprint density at radius 2 is 2.03 bits per heavy atom. The van der Waals surface area contributed by atoms with Crippen LogP contribution in [-0.4, -0.2) is 35.2 Å². The highest BCUT2D eigenvalue weighted by atomic mass is 35.5. The van der Waals surface area contributed by atoms with Gasteiger partial charge in [0.15, 0.2) is 9.84 Å². The fourth-order valence-electron chi connectivity index (χ4n) is 3.81. The van der Waals surface area contributed by atoms with Gasteiger partial charge >= 0.3 is 5.97 Å². The van der Waals surface area contributed by atoms with E-state index < -0.39 is 21.6 Å². The van der Waals surface area contributed by atoms with Crippen molar-refractivity contribution in [3.05, 3.63) is 69.7 Å². The molecule has 2 N–H and O–H groups in total. The smallest absolute Gasteiger partial charge is 0.325 e. The molecule has 0 radical (unpaired) electrons.